The Morgan fingerprint density at radius 1 is 1.14 bits per heavy atom. The quantitative estimate of drug-likeness (QED) is 0.781. The Labute approximate surface area is 162 Å². The van der Waals surface area contributed by atoms with Crippen molar-refractivity contribution >= 4 is 11.6 Å². The summed E-state index contributed by atoms with van der Waals surface area (Å²) < 4.78 is 39.7. The maximum atomic E-state index is 12.6. The minimum Gasteiger partial charge on any atom is -0.486 e. The Balaban J connectivity index is 1.56. The molecule has 2 aromatic carbocycles. The van der Waals surface area contributed by atoms with E-state index in [1.807, 2.05) is 11.9 Å². The summed E-state index contributed by atoms with van der Waals surface area (Å²) in [5, 5.41) is 2.87. The van der Waals surface area contributed by atoms with Gasteiger partial charge in [0.25, 0.3) is 0 Å². The Kier molecular flexibility index (Phi) is 6.30. The van der Waals surface area contributed by atoms with Crippen LogP contribution in [0.4, 0.5) is 14.5 Å². The number of anilines is 1. The molecule has 6 nitrogen and oxygen atoms in total. The van der Waals surface area contributed by atoms with E-state index < -0.39 is 12.7 Å². The lowest BCUT2D eigenvalue weighted by atomic mass is 10.1. The highest BCUT2D eigenvalue weighted by Gasteiger charge is 2.20. The van der Waals surface area contributed by atoms with Crippen LogP contribution in [-0.2, 0) is 11.3 Å². The molecule has 1 amide bonds. The van der Waals surface area contributed by atoms with Crippen LogP contribution in [0.1, 0.15) is 12.5 Å². The van der Waals surface area contributed by atoms with E-state index >= 15 is 0 Å². The molecule has 0 spiro atoms. The van der Waals surface area contributed by atoms with Crippen LogP contribution < -0.4 is 19.5 Å². The van der Waals surface area contributed by atoms with Gasteiger partial charge in [0.2, 0.25) is 5.91 Å². The molecule has 0 saturated heterocycles. The number of alkyl halides is 2. The SMILES string of the molecule is CC(C(=O)Nc1ccc2c(c1)OCCO2)N(C)Cc1ccc(OC(F)F)cc1. The van der Waals surface area contributed by atoms with Gasteiger partial charge in [-0.05, 0) is 43.8 Å². The molecule has 28 heavy (non-hydrogen) atoms. The molecule has 0 fully saturated rings. The number of nitrogens with one attached hydrogen (secondary N) is 1. The van der Waals surface area contributed by atoms with Crippen molar-refractivity contribution in [3.8, 4) is 17.2 Å². The molecule has 0 bridgehead atoms. The first-order chi connectivity index (χ1) is 13.4. The second-order valence-corrected chi connectivity index (χ2v) is 6.46. The fourth-order valence-electron chi connectivity index (χ4n) is 2.77. The van der Waals surface area contributed by atoms with Crippen LogP contribution >= 0.6 is 0 Å². The molecule has 0 aromatic heterocycles. The van der Waals surface area contributed by atoms with Crippen molar-refractivity contribution in [3.63, 3.8) is 0 Å². The zero-order valence-electron chi connectivity index (χ0n) is 15.7. The van der Waals surface area contributed by atoms with Gasteiger partial charge in [-0.3, -0.25) is 9.69 Å². The second-order valence-electron chi connectivity index (χ2n) is 6.46. The van der Waals surface area contributed by atoms with Crippen LogP contribution in [0.15, 0.2) is 42.5 Å². The van der Waals surface area contributed by atoms with Gasteiger partial charge in [-0.25, -0.2) is 0 Å². The van der Waals surface area contributed by atoms with Crippen molar-refractivity contribution in [3.05, 3.63) is 48.0 Å². The Morgan fingerprint density at radius 3 is 2.50 bits per heavy atom. The Hall–Kier alpha value is -2.87. The predicted molar refractivity (Wildman–Crippen MR) is 100 cm³/mol. The van der Waals surface area contributed by atoms with Crippen LogP contribution in [0.5, 0.6) is 17.2 Å². The fourth-order valence-corrected chi connectivity index (χ4v) is 2.77. The number of halogens is 2. The minimum absolute atomic E-state index is 0.103. The van der Waals surface area contributed by atoms with Crippen LogP contribution in [0.25, 0.3) is 0 Å². The van der Waals surface area contributed by atoms with Gasteiger partial charge in [-0.15, -0.1) is 0 Å². The van der Waals surface area contributed by atoms with Crippen molar-refractivity contribution in [2.24, 2.45) is 0 Å². The van der Waals surface area contributed by atoms with E-state index in [1.165, 1.54) is 12.1 Å². The molecule has 1 atom stereocenters. The highest BCUT2D eigenvalue weighted by Crippen LogP contribution is 2.32. The molecule has 0 saturated carbocycles. The number of carbonyl (C=O) groups is 1. The number of amides is 1. The monoisotopic (exact) mass is 392 g/mol. The summed E-state index contributed by atoms with van der Waals surface area (Å²) in [5.74, 6) is 1.20. The standard InChI is InChI=1S/C20H22F2N2O4/c1-13(24(2)12-14-3-6-16(7-4-14)28-20(21)22)19(25)23-15-5-8-17-18(11-15)27-10-9-26-17/h3-8,11,13,20H,9-10,12H2,1-2H3,(H,23,25). The van der Waals surface area contributed by atoms with Gasteiger partial charge in [0.05, 0.1) is 6.04 Å². The van der Waals surface area contributed by atoms with Gasteiger partial charge in [0.1, 0.15) is 19.0 Å². The third-order valence-electron chi connectivity index (χ3n) is 4.43. The molecule has 1 N–H and O–H groups in total. The third-order valence-corrected chi connectivity index (χ3v) is 4.43. The van der Waals surface area contributed by atoms with Gasteiger partial charge in [-0.2, -0.15) is 8.78 Å². The molecule has 2 aromatic rings. The zero-order valence-corrected chi connectivity index (χ0v) is 15.7. The second kappa shape index (κ2) is 8.88. The largest absolute Gasteiger partial charge is 0.486 e. The van der Waals surface area contributed by atoms with Crippen molar-refractivity contribution in [1.29, 1.82) is 0 Å². The first kappa shape index (κ1) is 19.9. The highest BCUT2D eigenvalue weighted by atomic mass is 19.3. The molecule has 1 unspecified atom stereocenters. The Bertz CT molecular complexity index is 814. The number of rotatable bonds is 7. The normalized spacial score (nSPS) is 14.1. The summed E-state index contributed by atoms with van der Waals surface area (Å²) in [6.07, 6.45) is 0. The number of fused-ring (bicyclic) bond motifs is 1. The average Bonchev–Trinajstić information content (AvgIpc) is 2.68. The van der Waals surface area contributed by atoms with E-state index in [0.29, 0.717) is 36.9 Å². The van der Waals surface area contributed by atoms with Crippen LogP contribution in [0.2, 0.25) is 0 Å². The maximum Gasteiger partial charge on any atom is 0.387 e. The number of nitrogens with zero attached hydrogens (tertiary/aromatic N) is 1. The third kappa shape index (κ3) is 5.10. The van der Waals surface area contributed by atoms with Crippen LogP contribution in [-0.4, -0.2) is 43.7 Å². The summed E-state index contributed by atoms with van der Waals surface area (Å²) in [7, 11) is 1.82. The molecule has 8 heteroatoms. The number of benzene rings is 2. The van der Waals surface area contributed by atoms with Gasteiger partial charge < -0.3 is 19.5 Å². The molecule has 3 rings (SSSR count). The maximum absolute atomic E-state index is 12.6. The van der Waals surface area contributed by atoms with Crippen molar-refractivity contribution in [1.82, 2.24) is 4.90 Å². The first-order valence-corrected chi connectivity index (χ1v) is 8.87. The molecule has 1 heterocycles. The van der Waals surface area contributed by atoms with E-state index in [2.05, 4.69) is 10.1 Å². The predicted octanol–water partition coefficient (Wildman–Crippen LogP) is 3.52. The van der Waals surface area contributed by atoms with Crippen LogP contribution in [0.3, 0.4) is 0 Å². The smallest absolute Gasteiger partial charge is 0.387 e. The van der Waals surface area contributed by atoms with E-state index in [1.54, 1.807) is 37.3 Å². The lowest BCUT2D eigenvalue weighted by molar-refractivity contribution is -0.120. The molecule has 150 valence electrons. The molecule has 0 radical (unpaired) electrons. The zero-order chi connectivity index (χ0) is 20.1. The molecule has 1 aliphatic rings. The number of ether oxygens (including phenoxy) is 3. The fraction of sp³-hybridized carbons (Fsp3) is 0.350. The van der Waals surface area contributed by atoms with E-state index in [-0.39, 0.29) is 11.7 Å². The summed E-state index contributed by atoms with van der Waals surface area (Å²) >= 11 is 0. The molecule has 0 aliphatic carbocycles. The number of carbonyl (C=O) groups excluding carboxylic acids is 1. The van der Waals surface area contributed by atoms with Gasteiger partial charge in [-0.1, -0.05) is 12.1 Å². The average molecular weight is 392 g/mol. The van der Waals surface area contributed by atoms with Crippen molar-refractivity contribution in [2.75, 3.05) is 25.6 Å². The summed E-state index contributed by atoms with van der Waals surface area (Å²) in [6, 6.07) is 11.2. The number of hydrogen-bond acceptors (Lipinski definition) is 5. The van der Waals surface area contributed by atoms with E-state index in [4.69, 9.17) is 9.47 Å². The van der Waals surface area contributed by atoms with Crippen LogP contribution in [0, 0.1) is 0 Å². The summed E-state index contributed by atoms with van der Waals surface area (Å²) in [6.45, 7) is 0.407. The summed E-state index contributed by atoms with van der Waals surface area (Å²) in [5.41, 5.74) is 1.51. The van der Waals surface area contributed by atoms with E-state index in [0.717, 1.165) is 5.56 Å². The Morgan fingerprint density at radius 2 is 1.82 bits per heavy atom. The number of likely N-dealkylation sites (N-methyl/N-ethyl adjacent to an activating group) is 1. The molecule has 1 aliphatic heterocycles. The topological polar surface area (TPSA) is 60.0 Å². The van der Waals surface area contributed by atoms with Gasteiger partial charge >= 0.3 is 6.61 Å². The van der Waals surface area contributed by atoms with Gasteiger partial charge in [0, 0.05) is 18.3 Å². The van der Waals surface area contributed by atoms with Crippen molar-refractivity contribution < 1.29 is 27.8 Å². The first-order valence-electron chi connectivity index (χ1n) is 8.87. The van der Waals surface area contributed by atoms with Crippen molar-refractivity contribution in [2.45, 2.75) is 26.1 Å². The molecular weight excluding hydrogens is 370 g/mol. The van der Waals surface area contributed by atoms with E-state index in [9.17, 15) is 13.6 Å². The lowest BCUT2D eigenvalue weighted by Crippen LogP contribution is -2.39. The highest BCUT2D eigenvalue weighted by molar-refractivity contribution is 5.94. The minimum atomic E-state index is -2.85. The lowest BCUT2D eigenvalue weighted by Gasteiger charge is -2.24. The molecular formula is C20H22F2N2O4. The van der Waals surface area contributed by atoms with Gasteiger partial charge in [0.15, 0.2) is 11.5 Å². The summed E-state index contributed by atoms with van der Waals surface area (Å²) in [4.78, 5) is 14.4. The number of hydrogen-bond donors (Lipinski definition) is 1.